The van der Waals surface area contributed by atoms with Gasteiger partial charge in [-0.25, -0.2) is 4.39 Å². The van der Waals surface area contributed by atoms with E-state index in [4.69, 9.17) is 0 Å². The average molecular weight is 288 g/mol. The zero-order chi connectivity index (χ0) is 12.1. The summed E-state index contributed by atoms with van der Waals surface area (Å²) in [6, 6.07) is 4.56. The van der Waals surface area contributed by atoms with Gasteiger partial charge in [-0.1, -0.05) is 19.4 Å². The van der Waals surface area contributed by atoms with Crippen molar-refractivity contribution in [2.75, 3.05) is 0 Å². The second-order valence-corrected chi connectivity index (χ2v) is 4.61. The Morgan fingerprint density at radius 1 is 1.56 bits per heavy atom. The first kappa shape index (κ1) is 13.2. The zero-order valence-electron chi connectivity index (χ0n) is 9.39. The van der Waals surface area contributed by atoms with Gasteiger partial charge in [-0.05, 0) is 41.4 Å². The lowest BCUT2D eigenvalue weighted by Gasteiger charge is -2.13. The Balaban J connectivity index is 2.80. The van der Waals surface area contributed by atoms with Crippen LogP contribution in [0, 0.1) is 5.82 Å². The fourth-order valence-electron chi connectivity index (χ4n) is 1.52. The molecule has 0 heterocycles. The van der Waals surface area contributed by atoms with Crippen LogP contribution in [-0.4, -0.2) is 11.9 Å². The van der Waals surface area contributed by atoms with E-state index in [-0.39, 0.29) is 17.5 Å². The first-order valence-electron chi connectivity index (χ1n) is 5.31. The molecule has 88 valence electrons. The summed E-state index contributed by atoms with van der Waals surface area (Å²) in [5.74, 6) is -0.874. The van der Waals surface area contributed by atoms with Crippen molar-refractivity contribution in [3.8, 4) is 0 Å². The van der Waals surface area contributed by atoms with Crippen molar-refractivity contribution in [2.24, 2.45) is 0 Å². The number of carbonyl (C=O) groups excluding carboxylic acids is 1. The summed E-state index contributed by atoms with van der Waals surface area (Å²) in [5, 5.41) is 2.77. The molecule has 1 aromatic carbocycles. The second-order valence-electron chi connectivity index (χ2n) is 3.76. The number of hydrogen-bond acceptors (Lipinski definition) is 1. The molecule has 0 saturated heterocycles. The molecule has 0 fully saturated rings. The van der Waals surface area contributed by atoms with E-state index < -0.39 is 5.82 Å². The molecule has 4 heteroatoms. The lowest BCUT2D eigenvalue weighted by Crippen LogP contribution is -2.33. The summed E-state index contributed by atoms with van der Waals surface area (Å²) in [5.41, 5.74) is 0.0745. The molecule has 0 spiro atoms. The fraction of sp³-hybridized carbons (Fsp3) is 0.417. The number of nitrogens with one attached hydrogen (secondary N) is 1. The Hall–Kier alpha value is -0.900. The highest BCUT2D eigenvalue weighted by atomic mass is 79.9. The lowest BCUT2D eigenvalue weighted by atomic mass is 10.1. The van der Waals surface area contributed by atoms with E-state index in [2.05, 4.69) is 21.2 Å². The molecule has 0 aliphatic heterocycles. The van der Waals surface area contributed by atoms with Crippen LogP contribution in [-0.2, 0) is 0 Å². The van der Waals surface area contributed by atoms with Crippen molar-refractivity contribution < 1.29 is 9.18 Å². The van der Waals surface area contributed by atoms with Gasteiger partial charge in [0.05, 0.1) is 5.56 Å². The van der Waals surface area contributed by atoms with E-state index in [1.165, 1.54) is 6.07 Å². The van der Waals surface area contributed by atoms with Crippen LogP contribution in [0.3, 0.4) is 0 Å². The smallest absolute Gasteiger partial charge is 0.255 e. The van der Waals surface area contributed by atoms with Crippen LogP contribution in [0.25, 0.3) is 0 Å². The monoisotopic (exact) mass is 287 g/mol. The van der Waals surface area contributed by atoms with Crippen LogP contribution in [0.2, 0.25) is 0 Å². The SMILES string of the molecule is CCCC(C)NC(=O)c1c(F)cccc1Br. The molecular weight excluding hydrogens is 273 g/mol. The molecule has 1 N–H and O–H groups in total. The molecule has 0 bridgehead atoms. The van der Waals surface area contributed by atoms with Gasteiger partial charge in [0.1, 0.15) is 5.82 Å². The first-order valence-corrected chi connectivity index (χ1v) is 6.10. The van der Waals surface area contributed by atoms with Gasteiger partial charge in [0.15, 0.2) is 0 Å². The van der Waals surface area contributed by atoms with Gasteiger partial charge in [0.25, 0.3) is 5.91 Å². The summed E-state index contributed by atoms with van der Waals surface area (Å²) in [6.07, 6.45) is 1.87. The standard InChI is InChI=1S/C12H15BrFNO/c1-3-5-8(2)15-12(16)11-9(13)6-4-7-10(11)14/h4,6-8H,3,5H2,1-2H3,(H,15,16). The Morgan fingerprint density at radius 2 is 2.25 bits per heavy atom. The van der Waals surface area contributed by atoms with Gasteiger partial charge in [0.2, 0.25) is 0 Å². The lowest BCUT2D eigenvalue weighted by molar-refractivity contribution is 0.0933. The second kappa shape index (κ2) is 5.99. The van der Waals surface area contributed by atoms with E-state index in [1.54, 1.807) is 12.1 Å². The van der Waals surface area contributed by atoms with Crippen molar-refractivity contribution in [3.63, 3.8) is 0 Å². The Kier molecular flexibility index (Phi) is 4.93. The number of halogens is 2. The van der Waals surface area contributed by atoms with Crippen molar-refractivity contribution in [1.29, 1.82) is 0 Å². The topological polar surface area (TPSA) is 29.1 Å². The minimum Gasteiger partial charge on any atom is -0.349 e. The Labute approximate surface area is 103 Å². The molecule has 1 rings (SSSR count). The fourth-order valence-corrected chi connectivity index (χ4v) is 2.04. The zero-order valence-corrected chi connectivity index (χ0v) is 11.0. The van der Waals surface area contributed by atoms with Gasteiger partial charge in [0, 0.05) is 10.5 Å². The highest BCUT2D eigenvalue weighted by Crippen LogP contribution is 2.19. The van der Waals surface area contributed by atoms with Crippen molar-refractivity contribution >= 4 is 21.8 Å². The van der Waals surface area contributed by atoms with E-state index in [0.717, 1.165) is 12.8 Å². The van der Waals surface area contributed by atoms with Crippen molar-refractivity contribution in [1.82, 2.24) is 5.32 Å². The molecule has 0 radical (unpaired) electrons. The van der Waals surface area contributed by atoms with E-state index in [9.17, 15) is 9.18 Å². The molecule has 0 saturated carbocycles. The van der Waals surface area contributed by atoms with Gasteiger partial charge in [-0.15, -0.1) is 0 Å². The van der Waals surface area contributed by atoms with Crippen LogP contribution >= 0.6 is 15.9 Å². The van der Waals surface area contributed by atoms with Crippen LogP contribution in [0.5, 0.6) is 0 Å². The van der Waals surface area contributed by atoms with Crippen LogP contribution in [0.4, 0.5) is 4.39 Å². The molecule has 0 aliphatic carbocycles. The normalized spacial score (nSPS) is 12.2. The van der Waals surface area contributed by atoms with E-state index >= 15 is 0 Å². The molecule has 0 aliphatic rings. The van der Waals surface area contributed by atoms with Gasteiger partial charge < -0.3 is 5.32 Å². The molecular formula is C12H15BrFNO. The maximum atomic E-state index is 13.4. The molecule has 1 aromatic rings. The molecule has 16 heavy (non-hydrogen) atoms. The summed E-state index contributed by atoms with van der Waals surface area (Å²) < 4.78 is 13.9. The molecule has 2 nitrogen and oxygen atoms in total. The van der Waals surface area contributed by atoms with E-state index in [1.807, 2.05) is 13.8 Å². The third-order valence-electron chi connectivity index (χ3n) is 2.29. The van der Waals surface area contributed by atoms with Gasteiger partial charge in [-0.2, -0.15) is 0 Å². The highest BCUT2D eigenvalue weighted by Gasteiger charge is 2.16. The van der Waals surface area contributed by atoms with E-state index in [0.29, 0.717) is 4.47 Å². The number of rotatable bonds is 4. The molecule has 0 aromatic heterocycles. The van der Waals surface area contributed by atoms with Crippen molar-refractivity contribution in [2.45, 2.75) is 32.7 Å². The number of benzene rings is 1. The number of hydrogen-bond donors (Lipinski definition) is 1. The van der Waals surface area contributed by atoms with Gasteiger partial charge in [-0.3, -0.25) is 4.79 Å². The van der Waals surface area contributed by atoms with Gasteiger partial charge >= 0.3 is 0 Å². The Bertz CT molecular complexity index is 361. The third kappa shape index (κ3) is 3.30. The summed E-state index contributed by atoms with van der Waals surface area (Å²) in [6.45, 7) is 3.96. The maximum Gasteiger partial charge on any atom is 0.255 e. The van der Waals surface area contributed by atoms with Crippen molar-refractivity contribution in [3.05, 3.63) is 34.1 Å². The van der Waals surface area contributed by atoms with Crippen LogP contribution in [0.1, 0.15) is 37.0 Å². The minimum absolute atomic E-state index is 0.0593. The van der Waals surface area contributed by atoms with Crippen LogP contribution in [0.15, 0.2) is 22.7 Å². The van der Waals surface area contributed by atoms with Crippen LogP contribution < -0.4 is 5.32 Å². The summed E-state index contributed by atoms with van der Waals surface area (Å²) in [7, 11) is 0. The number of amides is 1. The first-order chi connectivity index (χ1) is 7.56. The predicted molar refractivity (Wildman–Crippen MR) is 65.9 cm³/mol. The largest absolute Gasteiger partial charge is 0.349 e. The average Bonchev–Trinajstić information content (AvgIpc) is 2.17. The minimum atomic E-state index is -0.504. The third-order valence-corrected chi connectivity index (χ3v) is 2.95. The molecule has 1 atom stereocenters. The Morgan fingerprint density at radius 3 is 2.81 bits per heavy atom. The highest BCUT2D eigenvalue weighted by molar-refractivity contribution is 9.10. The predicted octanol–water partition coefficient (Wildman–Crippen LogP) is 3.51. The summed E-state index contributed by atoms with van der Waals surface area (Å²) in [4.78, 5) is 11.8. The summed E-state index contributed by atoms with van der Waals surface area (Å²) >= 11 is 3.18. The maximum absolute atomic E-state index is 13.4. The molecule has 1 unspecified atom stereocenters. The molecule has 1 amide bonds. The quantitative estimate of drug-likeness (QED) is 0.902. The number of carbonyl (C=O) groups is 1.